The third-order valence-corrected chi connectivity index (χ3v) is 2.50. The minimum atomic E-state index is -0.506. The highest BCUT2D eigenvalue weighted by molar-refractivity contribution is 6.32. The van der Waals surface area contributed by atoms with E-state index in [2.05, 4.69) is 4.99 Å². The van der Waals surface area contributed by atoms with Gasteiger partial charge in [-0.15, -0.1) is 5.06 Å². The number of nitrogens with zero attached hydrogens (tertiary/aromatic N) is 2. The van der Waals surface area contributed by atoms with Gasteiger partial charge in [0.2, 0.25) is 0 Å². The van der Waals surface area contributed by atoms with Crippen molar-refractivity contribution in [3.63, 3.8) is 0 Å². The van der Waals surface area contributed by atoms with E-state index in [1.807, 2.05) is 0 Å². The first-order valence-electron chi connectivity index (χ1n) is 5.01. The Hall–Kier alpha value is -2.08. The summed E-state index contributed by atoms with van der Waals surface area (Å²) in [6.45, 7) is 0. The van der Waals surface area contributed by atoms with Crippen LogP contribution in [-0.2, 0) is 9.59 Å². The maximum atomic E-state index is 11.5. The molecule has 2 amide bonds. The second-order valence-electron chi connectivity index (χ2n) is 3.42. The minimum Gasteiger partial charge on any atom is -0.497 e. The van der Waals surface area contributed by atoms with Gasteiger partial charge in [0.15, 0.2) is 5.75 Å². The normalized spacial score (nSPS) is 14.9. The maximum absolute atomic E-state index is 11.5. The average molecular weight is 269 g/mol. The monoisotopic (exact) mass is 268 g/mol. The van der Waals surface area contributed by atoms with Gasteiger partial charge in [0.25, 0.3) is 11.8 Å². The largest absolute Gasteiger partial charge is 0.497 e. The summed E-state index contributed by atoms with van der Waals surface area (Å²) in [5, 5.41) is 1.18. The molecule has 0 N–H and O–H groups in total. The molecule has 0 atom stereocenters. The second kappa shape index (κ2) is 5.05. The Morgan fingerprint density at radius 1 is 1.39 bits per heavy atom. The van der Waals surface area contributed by atoms with E-state index in [0.29, 0.717) is 10.8 Å². The molecule has 0 aromatic heterocycles. The summed E-state index contributed by atoms with van der Waals surface area (Å²) in [7, 11) is 1.50. The van der Waals surface area contributed by atoms with Gasteiger partial charge in [-0.1, -0.05) is 11.6 Å². The molecular formula is C11H9ClN2O4. The number of carbonyl (C=O) groups excluding carboxylic acids is 2. The summed E-state index contributed by atoms with van der Waals surface area (Å²) < 4.78 is 5.01. The molecule has 0 saturated heterocycles. The number of aliphatic imine (C=N–C) groups is 1. The first-order chi connectivity index (χ1) is 8.60. The topological polar surface area (TPSA) is 68.2 Å². The first-order valence-corrected chi connectivity index (χ1v) is 5.38. The smallest absolute Gasteiger partial charge is 0.270 e. The third-order valence-electron chi connectivity index (χ3n) is 2.19. The fourth-order valence-electron chi connectivity index (χ4n) is 1.30. The summed E-state index contributed by atoms with van der Waals surface area (Å²) in [4.78, 5) is 31.1. The Labute approximate surface area is 108 Å². The summed E-state index contributed by atoms with van der Waals surface area (Å²) in [5.74, 6) is -0.234. The molecule has 1 aromatic rings. The van der Waals surface area contributed by atoms with Crippen LogP contribution in [0.15, 0.2) is 23.2 Å². The number of ether oxygens (including phenoxy) is 1. The highest BCUT2D eigenvalue weighted by Crippen LogP contribution is 2.29. The Morgan fingerprint density at radius 2 is 2.17 bits per heavy atom. The predicted molar refractivity (Wildman–Crippen MR) is 63.6 cm³/mol. The van der Waals surface area contributed by atoms with Crippen molar-refractivity contribution in [3.05, 3.63) is 23.2 Å². The van der Waals surface area contributed by atoms with Gasteiger partial charge in [0.05, 0.1) is 12.1 Å². The Bertz CT molecular complexity index is 530. The average Bonchev–Trinajstić information content (AvgIpc) is 2.35. The molecular weight excluding hydrogens is 260 g/mol. The lowest BCUT2D eigenvalue weighted by molar-refractivity contribution is -0.147. The summed E-state index contributed by atoms with van der Waals surface area (Å²) in [6, 6.07) is 4.76. The number of benzene rings is 1. The molecule has 0 saturated carbocycles. The summed E-state index contributed by atoms with van der Waals surface area (Å²) in [5.41, 5.74) is 0. The van der Waals surface area contributed by atoms with Crippen LogP contribution in [0, 0.1) is 0 Å². The zero-order valence-corrected chi connectivity index (χ0v) is 10.2. The molecule has 0 unspecified atom stereocenters. The van der Waals surface area contributed by atoms with Crippen LogP contribution >= 0.6 is 11.6 Å². The van der Waals surface area contributed by atoms with E-state index in [4.69, 9.17) is 21.2 Å². The maximum Gasteiger partial charge on any atom is 0.270 e. The standard InChI is InChI=1S/C11H9ClN2O4/c1-17-7-2-3-8(12)9(4-7)18-14-6-13-10(15)5-11(14)16/h2-4,6H,5H2,1H3. The molecule has 94 valence electrons. The Balaban J connectivity index is 2.21. The zero-order chi connectivity index (χ0) is 13.1. The second-order valence-corrected chi connectivity index (χ2v) is 3.83. The number of amides is 2. The number of rotatable bonds is 3. The minimum absolute atomic E-state index is 0.241. The van der Waals surface area contributed by atoms with Gasteiger partial charge >= 0.3 is 0 Å². The molecule has 0 radical (unpaired) electrons. The predicted octanol–water partition coefficient (Wildman–Crippen LogP) is 1.43. The number of methoxy groups -OCH3 is 1. The number of hydrogen-bond acceptors (Lipinski definition) is 4. The van der Waals surface area contributed by atoms with E-state index in [1.165, 1.54) is 13.2 Å². The van der Waals surface area contributed by atoms with Gasteiger partial charge < -0.3 is 9.57 Å². The van der Waals surface area contributed by atoms with Crippen molar-refractivity contribution in [1.29, 1.82) is 0 Å². The quantitative estimate of drug-likeness (QED) is 0.778. The van der Waals surface area contributed by atoms with E-state index in [9.17, 15) is 9.59 Å². The number of halogens is 1. The van der Waals surface area contributed by atoms with E-state index in [-0.39, 0.29) is 12.2 Å². The molecule has 6 nitrogen and oxygen atoms in total. The van der Waals surface area contributed by atoms with Crippen molar-refractivity contribution < 1.29 is 19.2 Å². The molecule has 2 rings (SSSR count). The lowest BCUT2D eigenvalue weighted by atomic mass is 10.3. The van der Waals surface area contributed by atoms with Crippen LogP contribution in [0.5, 0.6) is 11.5 Å². The molecule has 0 aliphatic carbocycles. The van der Waals surface area contributed by atoms with Crippen LogP contribution in [0.25, 0.3) is 0 Å². The fourth-order valence-corrected chi connectivity index (χ4v) is 1.45. The van der Waals surface area contributed by atoms with Crippen LogP contribution in [0.1, 0.15) is 6.42 Å². The van der Waals surface area contributed by atoms with Crippen LogP contribution < -0.4 is 9.57 Å². The van der Waals surface area contributed by atoms with Gasteiger partial charge in [-0.05, 0) is 12.1 Å². The molecule has 1 aromatic carbocycles. The molecule has 0 spiro atoms. The lowest BCUT2D eigenvalue weighted by Gasteiger charge is -2.20. The van der Waals surface area contributed by atoms with Gasteiger partial charge in [-0.25, -0.2) is 0 Å². The van der Waals surface area contributed by atoms with Crippen molar-refractivity contribution in [3.8, 4) is 11.5 Å². The van der Waals surface area contributed by atoms with Crippen LogP contribution in [0.4, 0.5) is 0 Å². The van der Waals surface area contributed by atoms with Crippen molar-refractivity contribution >= 4 is 29.8 Å². The third kappa shape index (κ3) is 2.60. The molecule has 1 aliphatic heterocycles. The van der Waals surface area contributed by atoms with E-state index < -0.39 is 11.8 Å². The SMILES string of the molecule is COc1ccc(Cl)c(ON2C=NC(=O)CC2=O)c1. The van der Waals surface area contributed by atoms with Gasteiger partial charge in [0, 0.05) is 6.07 Å². The summed E-state index contributed by atoms with van der Waals surface area (Å²) >= 11 is 5.92. The molecule has 0 fully saturated rings. The molecule has 7 heteroatoms. The van der Waals surface area contributed by atoms with Crippen molar-refractivity contribution in [1.82, 2.24) is 5.06 Å². The molecule has 0 bridgehead atoms. The van der Waals surface area contributed by atoms with Gasteiger partial charge in [0.1, 0.15) is 18.5 Å². The van der Waals surface area contributed by atoms with Gasteiger partial charge in [-0.2, -0.15) is 4.99 Å². The number of hydrogen-bond donors (Lipinski definition) is 0. The molecule has 18 heavy (non-hydrogen) atoms. The van der Waals surface area contributed by atoms with Crippen LogP contribution in [-0.4, -0.2) is 30.3 Å². The fraction of sp³-hybridized carbons (Fsp3) is 0.182. The number of hydroxylamine groups is 2. The number of carbonyl (C=O) groups is 2. The molecule has 1 aliphatic rings. The Kier molecular flexibility index (Phi) is 3.47. The Morgan fingerprint density at radius 3 is 2.83 bits per heavy atom. The molecule has 1 heterocycles. The van der Waals surface area contributed by atoms with E-state index in [0.717, 1.165) is 11.4 Å². The highest BCUT2D eigenvalue weighted by Gasteiger charge is 2.23. The van der Waals surface area contributed by atoms with Crippen molar-refractivity contribution in [2.24, 2.45) is 4.99 Å². The lowest BCUT2D eigenvalue weighted by Crippen LogP contribution is -2.37. The van der Waals surface area contributed by atoms with Crippen LogP contribution in [0.2, 0.25) is 5.02 Å². The van der Waals surface area contributed by atoms with E-state index >= 15 is 0 Å². The van der Waals surface area contributed by atoms with E-state index in [1.54, 1.807) is 12.1 Å². The zero-order valence-electron chi connectivity index (χ0n) is 9.42. The van der Waals surface area contributed by atoms with Crippen LogP contribution in [0.3, 0.4) is 0 Å². The summed E-state index contributed by atoms with van der Waals surface area (Å²) in [6.07, 6.45) is 0.696. The first kappa shape index (κ1) is 12.4. The van der Waals surface area contributed by atoms with Gasteiger partial charge in [-0.3, -0.25) is 9.59 Å². The van der Waals surface area contributed by atoms with Crippen molar-refractivity contribution in [2.75, 3.05) is 7.11 Å². The highest BCUT2D eigenvalue weighted by atomic mass is 35.5. The van der Waals surface area contributed by atoms with Crippen molar-refractivity contribution in [2.45, 2.75) is 6.42 Å².